The molecule has 9 heteroatoms. The summed E-state index contributed by atoms with van der Waals surface area (Å²) in [5, 5.41) is 0. The van der Waals surface area contributed by atoms with E-state index < -0.39 is 0 Å². The third kappa shape index (κ3) is 7.85. The average molecular weight is 481 g/mol. The number of rotatable bonds is 1. The molecule has 1 spiro atoms. The van der Waals surface area contributed by atoms with E-state index in [0.717, 1.165) is 26.3 Å². The van der Waals surface area contributed by atoms with Crippen molar-refractivity contribution >= 4 is 4.57 Å². The van der Waals surface area contributed by atoms with Crippen LogP contribution in [0.3, 0.4) is 0 Å². The quantitative estimate of drug-likeness (QED) is 0.423. The predicted octanol–water partition coefficient (Wildman–Crippen LogP) is 2.84. The molecule has 2 aliphatic carbocycles. The third-order valence-corrected chi connectivity index (χ3v) is 7.00. The molecule has 0 radical (unpaired) electrons. The van der Waals surface area contributed by atoms with Crippen LogP contribution in [0.15, 0.2) is 11.3 Å². The second-order valence-corrected chi connectivity index (χ2v) is 8.02. The Balaban J connectivity index is 0. The molecule has 2 saturated heterocycles. The van der Waals surface area contributed by atoms with Gasteiger partial charge in [0.25, 0.3) is 0 Å². The van der Waals surface area contributed by atoms with Crippen LogP contribution in [0.25, 0.3) is 0 Å². The monoisotopic (exact) mass is 481 g/mol. The van der Waals surface area contributed by atoms with Crippen LogP contribution in [0.4, 0.5) is 0 Å². The maximum atomic E-state index is 7.50. The molecule has 0 bridgehead atoms. The van der Waals surface area contributed by atoms with E-state index in [0.29, 0.717) is 17.4 Å². The van der Waals surface area contributed by atoms with E-state index in [2.05, 4.69) is 60.9 Å². The molecule has 0 unspecified atom stereocenters. The first kappa shape index (κ1) is 32.7. The fraction of sp³-hybridized carbons (Fsp3) is 0.652. The first-order valence-corrected chi connectivity index (χ1v) is 10.6. The van der Waals surface area contributed by atoms with Crippen LogP contribution in [-0.2, 0) is 48.6 Å². The number of fused-ring (bicyclic) bond motifs is 2. The van der Waals surface area contributed by atoms with Gasteiger partial charge in [0.05, 0.1) is 0 Å². The Morgan fingerprint density at radius 1 is 0.906 bits per heavy atom. The van der Waals surface area contributed by atoms with Crippen LogP contribution >= 0.6 is 0 Å². The molecule has 172 valence electrons. The molecule has 4 rings (SSSR count). The number of ether oxygens (including phenoxy) is 2. The Hall–Kier alpha value is -1.44. The van der Waals surface area contributed by atoms with Gasteiger partial charge in [-0.05, 0) is 0 Å². The van der Waals surface area contributed by atoms with Crippen LogP contribution in [0, 0.1) is 44.6 Å². The van der Waals surface area contributed by atoms with Crippen molar-refractivity contribution in [3.8, 4) is 0 Å². The van der Waals surface area contributed by atoms with Crippen LogP contribution in [-0.4, -0.2) is 41.9 Å². The second-order valence-electron chi connectivity index (χ2n) is 7.45. The van der Waals surface area contributed by atoms with Crippen molar-refractivity contribution < 1.29 is 48.6 Å². The zero-order valence-corrected chi connectivity index (χ0v) is 19.4. The van der Waals surface area contributed by atoms with Crippen molar-refractivity contribution in [3.05, 3.63) is 44.5 Å². The predicted molar refractivity (Wildman–Crippen MR) is 103 cm³/mol. The molecule has 1 saturated carbocycles. The minimum absolute atomic E-state index is 0.297. The first-order chi connectivity index (χ1) is 15.7. The Labute approximate surface area is 198 Å². The normalized spacial score (nSPS) is 27.5. The summed E-state index contributed by atoms with van der Waals surface area (Å²) in [6, 6.07) is 0. The summed E-state index contributed by atoms with van der Waals surface area (Å²) in [6.45, 7) is 28.7. The molecule has 3 atom stereocenters. The zero-order valence-electron chi connectivity index (χ0n) is 18.1. The number of hydrogen-bond donors (Lipinski definition) is 0. The molecule has 0 aromatic heterocycles. The summed E-state index contributed by atoms with van der Waals surface area (Å²) >= 11 is 3.30. The van der Waals surface area contributed by atoms with Crippen molar-refractivity contribution in [2.75, 3.05) is 26.3 Å². The van der Waals surface area contributed by atoms with Crippen LogP contribution in [0.5, 0.6) is 0 Å². The number of nitrogens with zero attached hydrogens (tertiary/aromatic N) is 1. The fourth-order valence-corrected chi connectivity index (χ4v) is 6.03. The van der Waals surface area contributed by atoms with E-state index in [4.69, 9.17) is 32.7 Å². The van der Waals surface area contributed by atoms with Gasteiger partial charge in [-0.25, -0.2) is 0 Å². The van der Waals surface area contributed by atoms with Gasteiger partial charge in [-0.15, -0.1) is 0 Å². The van der Waals surface area contributed by atoms with Gasteiger partial charge in [0.15, 0.2) is 0 Å². The van der Waals surface area contributed by atoms with Crippen LogP contribution in [0.2, 0.25) is 0 Å². The van der Waals surface area contributed by atoms with E-state index in [-0.39, 0.29) is 0 Å². The fourth-order valence-electron chi connectivity index (χ4n) is 5.26. The number of allylic oxidation sites excluding steroid dienone is 2. The van der Waals surface area contributed by atoms with Gasteiger partial charge in [0, 0.05) is 0 Å². The molecule has 32 heavy (non-hydrogen) atoms. The Bertz CT molecular complexity index is 669. The van der Waals surface area contributed by atoms with Crippen LogP contribution < -0.4 is 0 Å². The number of morpholine rings is 1. The summed E-state index contributed by atoms with van der Waals surface area (Å²) in [5.74, 6) is 0.717. The van der Waals surface area contributed by atoms with Gasteiger partial charge < -0.3 is 0 Å². The molecule has 2 heterocycles. The maximum absolute atomic E-state index is 7.50. The second kappa shape index (κ2) is 19.1. The first-order valence-electron chi connectivity index (χ1n) is 9.98. The molecule has 0 amide bonds. The van der Waals surface area contributed by atoms with Gasteiger partial charge in [-0.3, -0.25) is 0 Å². The van der Waals surface area contributed by atoms with Gasteiger partial charge in [-0.2, -0.15) is 0 Å². The molecule has 4 aliphatic rings. The molecule has 0 N–H and O–H groups in total. The van der Waals surface area contributed by atoms with Gasteiger partial charge in [0.2, 0.25) is 0 Å². The molecule has 0 aromatic rings. The van der Waals surface area contributed by atoms with Crippen molar-refractivity contribution in [2.24, 2.45) is 11.3 Å². The number of hydrogen-bond acceptors (Lipinski definition) is 3. The minimum atomic E-state index is 0.297. The van der Waals surface area contributed by atoms with Crippen molar-refractivity contribution in [2.45, 2.75) is 58.0 Å². The van der Waals surface area contributed by atoms with E-state index in [1.807, 2.05) is 0 Å². The SMILES string of the molecule is C[C@H]1C[C@@]2(CCC(N3CCOCC3)=C3CCCC[C@@H]32)[C](=[Cr])O1.[C-]#[O+].[C-]#[O+].[C-]#[O+].[C-]#[O+].[C-]#[O+]. The third-order valence-electron chi connectivity index (χ3n) is 6.21. The Morgan fingerprint density at radius 2 is 1.47 bits per heavy atom. The molecular weight excluding hydrogens is 454 g/mol. The van der Waals surface area contributed by atoms with E-state index in [1.165, 1.54) is 49.5 Å². The Morgan fingerprint density at radius 3 is 1.97 bits per heavy atom. The summed E-state index contributed by atoms with van der Waals surface area (Å²) in [4.78, 5) is 2.63. The van der Waals surface area contributed by atoms with Crippen molar-refractivity contribution in [3.63, 3.8) is 0 Å². The van der Waals surface area contributed by atoms with Gasteiger partial charge in [-0.1, -0.05) is 0 Å². The molecule has 2 aliphatic heterocycles. The van der Waals surface area contributed by atoms with Crippen molar-refractivity contribution in [1.29, 1.82) is 0 Å². The zero-order chi connectivity index (χ0) is 25.2. The Kier molecular flexibility index (Phi) is 19.5. The average Bonchev–Trinajstić information content (AvgIpc) is 3.19. The van der Waals surface area contributed by atoms with Crippen LogP contribution in [0.1, 0.15) is 51.9 Å². The molecule has 8 nitrogen and oxygen atoms in total. The van der Waals surface area contributed by atoms with E-state index >= 15 is 0 Å². The molecule has 0 aromatic carbocycles. The summed E-state index contributed by atoms with van der Waals surface area (Å²) in [7, 11) is 0. The standard InChI is InChI=1S/C18H27NO2.5CO.Cr/c1-14-12-18(13-21-14)7-6-17(19-8-10-20-11-9-19)15-4-2-3-5-16(15)18;5*1-2;/h14,16H,2-12H2,1H3;;;;;;/t14-,16-,18-;;;;;;/m0....../s1. The summed E-state index contributed by atoms with van der Waals surface area (Å²) < 4.78 is 50.4. The summed E-state index contributed by atoms with van der Waals surface area (Å²) in [5.41, 5.74) is 3.74. The van der Waals surface area contributed by atoms with Crippen molar-refractivity contribution in [1.82, 2.24) is 4.90 Å². The van der Waals surface area contributed by atoms with E-state index in [9.17, 15) is 0 Å². The molecule has 3 fully saturated rings. The van der Waals surface area contributed by atoms with Gasteiger partial charge >= 0.3 is 198 Å². The topological polar surface area (TPSA) is 121 Å². The molecular formula is C23H27CrNO7. The van der Waals surface area contributed by atoms with E-state index in [1.54, 1.807) is 11.3 Å². The summed E-state index contributed by atoms with van der Waals surface area (Å²) in [6.07, 6.45) is 9.49. The van der Waals surface area contributed by atoms with Gasteiger partial charge in [0.1, 0.15) is 0 Å².